The van der Waals surface area contributed by atoms with Crippen LogP contribution in [0.5, 0.6) is 0 Å². The maximum atomic E-state index is 9.12. The third-order valence-corrected chi connectivity index (χ3v) is 2.05. The second-order valence-electron chi connectivity index (χ2n) is 4.14. The summed E-state index contributed by atoms with van der Waals surface area (Å²) in [6.07, 6.45) is 3.26. The SMILES string of the molecule is CC(O)CC(C)CCCN(C)C. The fourth-order valence-electron chi connectivity index (χ4n) is 1.46. The standard InChI is InChI=1S/C10H23NO/c1-9(8-10(2)12)6-5-7-11(3)4/h9-10,12H,5-8H2,1-4H3. The Kier molecular flexibility index (Phi) is 6.39. The molecule has 0 aromatic rings. The maximum absolute atomic E-state index is 9.12. The van der Waals surface area contributed by atoms with Gasteiger partial charge in [0.15, 0.2) is 0 Å². The van der Waals surface area contributed by atoms with Crippen LogP contribution < -0.4 is 0 Å². The molecule has 0 heterocycles. The Morgan fingerprint density at radius 3 is 2.25 bits per heavy atom. The van der Waals surface area contributed by atoms with Crippen molar-refractivity contribution >= 4 is 0 Å². The smallest absolute Gasteiger partial charge is 0.0514 e. The highest BCUT2D eigenvalue weighted by atomic mass is 16.3. The van der Waals surface area contributed by atoms with Crippen LogP contribution in [-0.4, -0.2) is 36.8 Å². The predicted molar refractivity (Wildman–Crippen MR) is 53.2 cm³/mol. The zero-order chi connectivity index (χ0) is 9.56. The van der Waals surface area contributed by atoms with E-state index in [4.69, 9.17) is 5.11 Å². The number of aliphatic hydroxyl groups is 1. The lowest BCUT2D eigenvalue weighted by Gasteiger charge is -2.14. The Balaban J connectivity index is 3.25. The van der Waals surface area contributed by atoms with Gasteiger partial charge in [0.05, 0.1) is 6.10 Å². The quantitative estimate of drug-likeness (QED) is 0.661. The Morgan fingerprint density at radius 1 is 1.25 bits per heavy atom. The number of rotatable bonds is 6. The van der Waals surface area contributed by atoms with Gasteiger partial charge in [-0.05, 0) is 52.7 Å². The third kappa shape index (κ3) is 8.02. The highest BCUT2D eigenvalue weighted by molar-refractivity contribution is 4.58. The lowest BCUT2D eigenvalue weighted by atomic mass is 9.99. The van der Waals surface area contributed by atoms with E-state index in [1.54, 1.807) is 0 Å². The Labute approximate surface area is 76.6 Å². The van der Waals surface area contributed by atoms with Crippen LogP contribution in [0.1, 0.15) is 33.1 Å². The first-order valence-corrected chi connectivity index (χ1v) is 4.85. The molecule has 0 spiro atoms. The summed E-state index contributed by atoms with van der Waals surface area (Å²) in [4.78, 5) is 2.20. The van der Waals surface area contributed by atoms with Crippen LogP contribution in [0.15, 0.2) is 0 Å². The molecule has 2 nitrogen and oxygen atoms in total. The zero-order valence-corrected chi connectivity index (χ0v) is 8.88. The van der Waals surface area contributed by atoms with Crippen LogP contribution in [0.2, 0.25) is 0 Å². The van der Waals surface area contributed by atoms with Gasteiger partial charge in [-0.2, -0.15) is 0 Å². The van der Waals surface area contributed by atoms with E-state index in [-0.39, 0.29) is 6.10 Å². The summed E-state index contributed by atoms with van der Waals surface area (Å²) in [7, 11) is 4.19. The summed E-state index contributed by atoms with van der Waals surface area (Å²) in [6, 6.07) is 0. The second-order valence-corrected chi connectivity index (χ2v) is 4.14. The summed E-state index contributed by atoms with van der Waals surface area (Å²) in [5.74, 6) is 0.657. The van der Waals surface area contributed by atoms with Crippen LogP contribution in [-0.2, 0) is 0 Å². The molecule has 0 bridgehead atoms. The fourth-order valence-corrected chi connectivity index (χ4v) is 1.46. The van der Waals surface area contributed by atoms with Gasteiger partial charge in [0.1, 0.15) is 0 Å². The van der Waals surface area contributed by atoms with Crippen LogP contribution in [0, 0.1) is 5.92 Å². The molecule has 1 N–H and O–H groups in total. The summed E-state index contributed by atoms with van der Waals surface area (Å²) in [6.45, 7) is 5.23. The molecule has 0 aliphatic carbocycles. The van der Waals surface area contributed by atoms with Gasteiger partial charge in [0.25, 0.3) is 0 Å². The Morgan fingerprint density at radius 2 is 1.83 bits per heavy atom. The molecule has 12 heavy (non-hydrogen) atoms. The van der Waals surface area contributed by atoms with Crippen molar-refractivity contribution in [1.82, 2.24) is 4.90 Å². The number of nitrogens with zero attached hydrogens (tertiary/aromatic N) is 1. The second kappa shape index (κ2) is 6.44. The average molecular weight is 173 g/mol. The van der Waals surface area contributed by atoms with Gasteiger partial charge in [-0.25, -0.2) is 0 Å². The molecule has 2 heteroatoms. The largest absolute Gasteiger partial charge is 0.393 e. The highest BCUT2D eigenvalue weighted by Crippen LogP contribution is 2.12. The Bertz CT molecular complexity index is 102. The molecule has 0 aromatic carbocycles. The number of hydrogen-bond acceptors (Lipinski definition) is 2. The van der Waals surface area contributed by atoms with E-state index in [1.165, 1.54) is 12.8 Å². The number of aliphatic hydroxyl groups excluding tert-OH is 1. The molecular weight excluding hydrogens is 150 g/mol. The van der Waals surface area contributed by atoms with Gasteiger partial charge in [-0.15, -0.1) is 0 Å². The van der Waals surface area contributed by atoms with Crippen LogP contribution in [0.25, 0.3) is 0 Å². The van der Waals surface area contributed by atoms with Gasteiger partial charge in [-0.3, -0.25) is 0 Å². The molecule has 0 aliphatic heterocycles. The molecule has 2 unspecified atom stereocenters. The molecule has 74 valence electrons. The van der Waals surface area contributed by atoms with Crippen molar-refractivity contribution in [1.29, 1.82) is 0 Å². The van der Waals surface area contributed by atoms with Crippen LogP contribution in [0.3, 0.4) is 0 Å². The van der Waals surface area contributed by atoms with E-state index >= 15 is 0 Å². The normalized spacial score (nSPS) is 16.5. The molecule has 0 aliphatic rings. The van der Waals surface area contributed by atoms with Crippen molar-refractivity contribution in [3.8, 4) is 0 Å². The van der Waals surface area contributed by atoms with Crippen LogP contribution in [0.4, 0.5) is 0 Å². The summed E-state index contributed by atoms with van der Waals surface area (Å²) < 4.78 is 0. The van der Waals surface area contributed by atoms with Gasteiger partial charge >= 0.3 is 0 Å². The van der Waals surface area contributed by atoms with Gasteiger partial charge in [0.2, 0.25) is 0 Å². The van der Waals surface area contributed by atoms with Crippen molar-refractivity contribution in [2.45, 2.75) is 39.2 Å². The summed E-state index contributed by atoms with van der Waals surface area (Å²) in [5.41, 5.74) is 0. The van der Waals surface area contributed by atoms with E-state index < -0.39 is 0 Å². The highest BCUT2D eigenvalue weighted by Gasteiger charge is 2.05. The predicted octanol–water partition coefficient (Wildman–Crippen LogP) is 1.74. The van der Waals surface area contributed by atoms with E-state index in [2.05, 4.69) is 25.9 Å². The van der Waals surface area contributed by atoms with Crippen molar-refractivity contribution in [3.05, 3.63) is 0 Å². The molecule has 0 fully saturated rings. The minimum absolute atomic E-state index is 0.139. The molecule has 0 amide bonds. The lowest BCUT2D eigenvalue weighted by molar-refractivity contribution is 0.160. The average Bonchev–Trinajstić information content (AvgIpc) is 1.84. The van der Waals surface area contributed by atoms with E-state index in [0.29, 0.717) is 5.92 Å². The molecule has 0 radical (unpaired) electrons. The van der Waals surface area contributed by atoms with Gasteiger partial charge in [-0.1, -0.05) is 6.92 Å². The van der Waals surface area contributed by atoms with Crippen LogP contribution >= 0.6 is 0 Å². The molecule has 2 atom stereocenters. The maximum Gasteiger partial charge on any atom is 0.0514 e. The van der Waals surface area contributed by atoms with E-state index in [0.717, 1.165) is 13.0 Å². The first kappa shape index (κ1) is 11.9. The Hall–Kier alpha value is -0.0800. The van der Waals surface area contributed by atoms with Gasteiger partial charge < -0.3 is 10.0 Å². The summed E-state index contributed by atoms with van der Waals surface area (Å²) in [5, 5.41) is 9.12. The van der Waals surface area contributed by atoms with E-state index in [1.807, 2.05) is 6.92 Å². The van der Waals surface area contributed by atoms with Crippen molar-refractivity contribution in [3.63, 3.8) is 0 Å². The lowest BCUT2D eigenvalue weighted by Crippen LogP contribution is -2.14. The van der Waals surface area contributed by atoms with E-state index in [9.17, 15) is 0 Å². The molecular formula is C10H23NO. The fraction of sp³-hybridized carbons (Fsp3) is 1.00. The topological polar surface area (TPSA) is 23.5 Å². The molecule has 0 saturated heterocycles. The number of hydrogen-bond donors (Lipinski definition) is 1. The summed E-state index contributed by atoms with van der Waals surface area (Å²) >= 11 is 0. The van der Waals surface area contributed by atoms with Gasteiger partial charge in [0, 0.05) is 0 Å². The monoisotopic (exact) mass is 173 g/mol. The first-order chi connectivity index (χ1) is 5.52. The minimum atomic E-state index is -0.139. The van der Waals surface area contributed by atoms with Crippen molar-refractivity contribution in [2.24, 2.45) is 5.92 Å². The van der Waals surface area contributed by atoms with Crippen molar-refractivity contribution in [2.75, 3.05) is 20.6 Å². The first-order valence-electron chi connectivity index (χ1n) is 4.85. The minimum Gasteiger partial charge on any atom is -0.393 e. The molecule has 0 saturated carbocycles. The molecule has 0 aromatic heterocycles. The zero-order valence-electron chi connectivity index (χ0n) is 8.88. The third-order valence-electron chi connectivity index (χ3n) is 2.05. The van der Waals surface area contributed by atoms with Crippen molar-refractivity contribution < 1.29 is 5.11 Å². The molecule has 0 rings (SSSR count).